The molecule has 2 aromatic carbocycles. The molecule has 1 heterocycles. The molecule has 0 bridgehead atoms. The Balaban J connectivity index is 1.67. The van der Waals surface area contributed by atoms with Crippen LogP contribution in [0.1, 0.15) is 34.7 Å². The summed E-state index contributed by atoms with van der Waals surface area (Å²) in [6, 6.07) is 10.8. The van der Waals surface area contributed by atoms with Gasteiger partial charge >= 0.3 is 6.18 Å². The molecule has 146 valence electrons. The second-order valence-corrected chi connectivity index (χ2v) is 6.16. The Kier molecular flexibility index (Phi) is 5.43. The summed E-state index contributed by atoms with van der Waals surface area (Å²) in [6.45, 7) is 1.72. The minimum atomic E-state index is -4.75. The molecule has 0 aliphatic heterocycles. The maximum atomic E-state index is 13.4. The van der Waals surface area contributed by atoms with Crippen molar-refractivity contribution in [2.24, 2.45) is 0 Å². The number of aromatic nitrogens is 2. The summed E-state index contributed by atoms with van der Waals surface area (Å²) >= 11 is 0. The van der Waals surface area contributed by atoms with Gasteiger partial charge in [0.1, 0.15) is 5.82 Å². The van der Waals surface area contributed by atoms with Crippen molar-refractivity contribution < 1.29 is 26.9 Å². The van der Waals surface area contributed by atoms with Gasteiger partial charge in [-0.1, -0.05) is 42.4 Å². The molecule has 0 spiro atoms. The molecule has 1 amide bonds. The number of carbonyl (C=O) groups excluding carboxylic acids is 1. The third-order valence-corrected chi connectivity index (χ3v) is 3.95. The molecular weight excluding hydrogens is 378 g/mol. The molecule has 3 aromatic rings. The van der Waals surface area contributed by atoms with E-state index in [1.165, 1.54) is 0 Å². The standard InChI is InChI=1S/C19H15F4N3O2/c1-11(18-25-16(26-28-18)12-5-3-2-4-6-12)10-24-17(27)13-7-14(19(21,22)23)9-15(20)8-13/h2-9,11H,10H2,1H3,(H,24,27). The fourth-order valence-electron chi connectivity index (χ4n) is 2.46. The van der Waals surface area contributed by atoms with Gasteiger partial charge in [0.05, 0.1) is 11.5 Å². The Bertz CT molecular complexity index is 971. The fraction of sp³-hybridized carbons (Fsp3) is 0.211. The monoisotopic (exact) mass is 393 g/mol. The van der Waals surface area contributed by atoms with Crippen molar-refractivity contribution in [3.8, 4) is 11.4 Å². The van der Waals surface area contributed by atoms with E-state index in [9.17, 15) is 22.4 Å². The predicted molar refractivity (Wildman–Crippen MR) is 91.9 cm³/mol. The molecule has 0 saturated heterocycles. The van der Waals surface area contributed by atoms with Gasteiger partial charge < -0.3 is 9.84 Å². The van der Waals surface area contributed by atoms with Crippen LogP contribution in [0, 0.1) is 5.82 Å². The van der Waals surface area contributed by atoms with Gasteiger partial charge in [0, 0.05) is 17.7 Å². The minimum absolute atomic E-state index is 0.0210. The number of nitrogens with one attached hydrogen (secondary N) is 1. The maximum absolute atomic E-state index is 13.4. The first-order chi connectivity index (χ1) is 13.2. The second kappa shape index (κ2) is 7.79. The number of carbonyl (C=O) groups is 1. The van der Waals surface area contributed by atoms with Crippen LogP contribution in [0.15, 0.2) is 53.1 Å². The van der Waals surface area contributed by atoms with Crippen LogP contribution in [0.25, 0.3) is 11.4 Å². The Morgan fingerprint density at radius 1 is 1.18 bits per heavy atom. The molecule has 1 N–H and O–H groups in total. The normalized spacial score (nSPS) is 12.6. The lowest BCUT2D eigenvalue weighted by Gasteiger charge is -2.11. The molecule has 0 aliphatic carbocycles. The van der Waals surface area contributed by atoms with Crippen molar-refractivity contribution in [2.75, 3.05) is 6.54 Å². The number of nitrogens with zero attached hydrogens (tertiary/aromatic N) is 2. The highest BCUT2D eigenvalue weighted by Gasteiger charge is 2.32. The van der Waals surface area contributed by atoms with Crippen molar-refractivity contribution in [3.63, 3.8) is 0 Å². The highest BCUT2D eigenvalue weighted by Crippen LogP contribution is 2.30. The van der Waals surface area contributed by atoms with Crippen molar-refractivity contribution in [2.45, 2.75) is 19.0 Å². The summed E-state index contributed by atoms with van der Waals surface area (Å²) < 4.78 is 56.9. The van der Waals surface area contributed by atoms with E-state index in [1.807, 2.05) is 30.3 Å². The Morgan fingerprint density at radius 3 is 2.57 bits per heavy atom. The predicted octanol–water partition coefficient (Wildman–Crippen LogP) is 4.43. The molecule has 1 aromatic heterocycles. The lowest BCUT2D eigenvalue weighted by molar-refractivity contribution is -0.137. The Morgan fingerprint density at radius 2 is 1.89 bits per heavy atom. The van der Waals surface area contributed by atoms with E-state index in [0.29, 0.717) is 18.0 Å². The number of benzene rings is 2. The Hall–Kier alpha value is -3.23. The highest BCUT2D eigenvalue weighted by molar-refractivity contribution is 5.94. The maximum Gasteiger partial charge on any atom is 0.416 e. The number of amides is 1. The van der Waals surface area contributed by atoms with Crippen LogP contribution in [0.3, 0.4) is 0 Å². The van der Waals surface area contributed by atoms with Crippen molar-refractivity contribution in [3.05, 3.63) is 71.4 Å². The molecule has 0 saturated carbocycles. The molecule has 5 nitrogen and oxygen atoms in total. The molecule has 28 heavy (non-hydrogen) atoms. The van der Waals surface area contributed by atoms with E-state index in [1.54, 1.807) is 6.92 Å². The van der Waals surface area contributed by atoms with Gasteiger partial charge in [0.25, 0.3) is 5.91 Å². The average Bonchev–Trinajstić information content (AvgIpc) is 3.15. The van der Waals surface area contributed by atoms with Gasteiger partial charge in [-0.3, -0.25) is 4.79 Å². The smallest absolute Gasteiger partial charge is 0.351 e. The van der Waals surface area contributed by atoms with Gasteiger partial charge in [-0.15, -0.1) is 0 Å². The largest absolute Gasteiger partial charge is 0.416 e. The Labute approximate surface area is 157 Å². The summed E-state index contributed by atoms with van der Waals surface area (Å²) in [5.41, 5.74) is -0.890. The SMILES string of the molecule is CC(CNC(=O)c1cc(F)cc(C(F)(F)F)c1)c1nc(-c2ccccc2)no1. The molecule has 0 fully saturated rings. The van der Waals surface area contributed by atoms with Gasteiger partial charge in [0.15, 0.2) is 0 Å². The van der Waals surface area contributed by atoms with E-state index >= 15 is 0 Å². The van der Waals surface area contributed by atoms with Gasteiger partial charge in [-0.2, -0.15) is 18.2 Å². The van der Waals surface area contributed by atoms with Gasteiger partial charge in [-0.25, -0.2) is 4.39 Å². The minimum Gasteiger partial charge on any atom is -0.351 e. The van der Waals surface area contributed by atoms with Crippen LogP contribution in [0.2, 0.25) is 0 Å². The lowest BCUT2D eigenvalue weighted by atomic mass is 10.1. The molecule has 9 heteroatoms. The molecule has 1 unspecified atom stereocenters. The van der Waals surface area contributed by atoms with Crippen LogP contribution in [-0.2, 0) is 6.18 Å². The van der Waals surface area contributed by atoms with Crippen LogP contribution in [0.5, 0.6) is 0 Å². The van der Waals surface area contributed by atoms with E-state index in [2.05, 4.69) is 15.5 Å². The first kappa shape index (κ1) is 19.5. The van der Waals surface area contributed by atoms with Crippen molar-refractivity contribution in [1.29, 1.82) is 0 Å². The molecule has 3 rings (SSSR count). The summed E-state index contributed by atoms with van der Waals surface area (Å²) in [4.78, 5) is 16.4. The summed E-state index contributed by atoms with van der Waals surface area (Å²) in [5, 5.41) is 6.32. The molecular formula is C19H15F4N3O2. The van der Waals surface area contributed by atoms with Gasteiger partial charge in [0.2, 0.25) is 11.7 Å². The second-order valence-electron chi connectivity index (χ2n) is 6.16. The van der Waals surface area contributed by atoms with Crippen LogP contribution in [-0.4, -0.2) is 22.6 Å². The number of alkyl halides is 3. The number of hydrogen-bond donors (Lipinski definition) is 1. The quantitative estimate of drug-likeness (QED) is 0.652. The van der Waals surface area contributed by atoms with E-state index in [-0.39, 0.29) is 12.4 Å². The first-order valence-corrected chi connectivity index (χ1v) is 8.29. The zero-order valence-electron chi connectivity index (χ0n) is 14.6. The van der Waals surface area contributed by atoms with Crippen LogP contribution < -0.4 is 5.32 Å². The third kappa shape index (κ3) is 4.54. The van der Waals surface area contributed by atoms with Crippen LogP contribution in [0.4, 0.5) is 17.6 Å². The van der Waals surface area contributed by atoms with Crippen molar-refractivity contribution >= 4 is 5.91 Å². The fourth-order valence-corrected chi connectivity index (χ4v) is 2.46. The summed E-state index contributed by atoms with van der Waals surface area (Å²) in [5.74, 6) is -1.73. The number of halogens is 4. The summed E-state index contributed by atoms with van der Waals surface area (Å²) in [6.07, 6.45) is -4.75. The molecule has 1 atom stereocenters. The molecule has 0 aliphatic rings. The summed E-state index contributed by atoms with van der Waals surface area (Å²) in [7, 11) is 0. The topological polar surface area (TPSA) is 68.0 Å². The first-order valence-electron chi connectivity index (χ1n) is 8.29. The number of rotatable bonds is 5. The van der Waals surface area contributed by atoms with E-state index in [0.717, 1.165) is 11.6 Å². The van der Waals surface area contributed by atoms with E-state index in [4.69, 9.17) is 4.52 Å². The highest BCUT2D eigenvalue weighted by atomic mass is 19.4. The number of hydrogen-bond acceptors (Lipinski definition) is 4. The van der Waals surface area contributed by atoms with Crippen LogP contribution >= 0.6 is 0 Å². The third-order valence-electron chi connectivity index (χ3n) is 3.95. The van der Waals surface area contributed by atoms with E-state index < -0.39 is 34.9 Å². The molecule has 0 radical (unpaired) electrons. The van der Waals surface area contributed by atoms with Crippen molar-refractivity contribution in [1.82, 2.24) is 15.5 Å². The zero-order chi connectivity index (χ0) is 20.3. The lowest BCUT2D eigenvalue weighted by Crippen LogP contribution is -2.28. The zero-order valence-corrected chi connectivity index (χ0v) is 14.6. The average molecular weight is 393 g/mol. The van der Waals surface area contributed by atoms with Gasteiger partial charge in [-0.05, 0) is 18.2 Å².